The lowest BCUT2D eigenvalue weighted by molar-refractivity contribution is 0.475. The van der Waals surface area contributed by atoms with Crippen LogP contribution in [0, 0.1) is 11.3 Å². The summed E-state index contributed by atoms with van der Waals surface area (Å²) in [5.74, 6) is 0.241. The first kappa shape index (κ1) is 11.9. The molecule has 1 aliphatic rings. The van der Waals surface area contributed by atoms with E-state index >= 15 is 0 Å². The van der Waals surface area contributed by atoms with Crippen molar-refractivity contribution in [1.82, 2.24) is 0 Å². The average Bonchev–Trinajstić information content (AvgIpc) is 2.98. The monoisotopic (exact) mass is 268 g/mol. The molecule has 19 heavy (non-hydrogen) atoms. The largest absolute Gasteiger partial charge is 0.508 e. The van der Waals surface area contributed by atoms with Crippen molar-refractivity contribution in [2.24, 2.45) is 4.99 Å². The summed E-state index contributed by atoms with van der Waals surface area (Å²) >= 11 is 1.63. The number of nitrogens with zero attached hydrogens (tertiary/aromatic N) is 2. The number of hydrogen-bond donors (Lipinski definition) is 1. The van der Waals surface area contributed by atoms with E-state index in [1.807, 2.05) is 0 Å². The number of aromatic hydroxyl groups is 1. The van der Waals surface area contributed by atoms with Gasteiger partial charge < -0.3 is 5.11 Å². The van der Waals surface area contributed by atoms with Crippen molar-refractivity contribution in [3.8, 4) is 11.8 Å². The lowest BCUT2D eigenvalue weighted by Gasteiger charge is -1.94. The van der Waals surface area contributed by atoms with E-state index in [-0.39, 0.29) is 5.75 Å². The third-order valence-electron chi connectivity index (χ3n) is 3.24. The molecule has 3 rings (SSSR count). The standard InChI is InChI=1S/C15H12N2OS/c16-8-13-12-2-1-3-14(12)19-15(13)17-9-10-4-6-11(18)7-5-10/h4-7,9,18H,1-3H2/b17-9+. The second kappa shape index (κ2) is 4.87. The Bertz CT molecular complexity index is 677. The molecule has 0 bridgehead atoms. The normalized spacial score (nSPS) is 13.6. The van der Waals surface area contributed by atoms with Gasteiger partial charge in [0.05, 0.1) is 5.56 Å². The van der Waals surface area contributed by atoms with Gasteiger partial charge in [-0.2, -0.15) is 5.26 Å². The summed E-state index contributed by atoms with van der Waals surface area (Å²) in [6.45, 7) is 0. The summed E-state index contributed by atoms with van der Waals surface area (Å²) in [5, 5.41) is 19.3. The first-order valence-corrected chi connectivity index (χ1v) is 6.97. The average molecular weight is 268 g/mol. The van der Waals surface area contributed by atoms with Crippen LogP contribution in [0.25, 0.3) is 0 Å². The number of phenols is 1. The van der Waals surface area contributed by atoms with Crippen LogP contribution in [0.1, 0.15) is 28.0 Å². The molecule has 0 atom stereocenters. The fraction of sp³-hybridized carbons (Fsp3) is 0.200. The fourth-order valence-electron chi connectivity index (χ4n) is 2.29. The van der Waals surface area contributed by atoms with Gasteiger partial charge in [0, 0.05) is 11.1 Å². The lowest BCUT2D eigenvalue weighted by atomic mass is 10.1. The highest BCUT2D eigenvalue weighted by atomic mass is 32.1. The second-order valence-electron chi connectivity index (χ2n) is 4.50. The Hall–Kier alpha value is -2.12. The van der Waals surface area contributed by atoms with Gasteiger partial charge in [-0.1, -0.05) is 0 Å². The van der Waals surface area contributed by atoms with Crippen molar-refractivity contribution >= 4 is 22.6 Å². The molecule has 0 aliphatic heterocycles. The predicted molar refractivity (Wildman–Crippen MR) is 76.4 cm³/mol. The zero-order valence-electron chi connectivity index (χ0n) is 10.3. The molecular formula is C15H12N2OS. The Morgan fingerprint density at radius 2 is 2.05 bits per heavy atom. The molecule has 0 amide bonds. The number of aliphatic imine (C=N–C) groups is 1. The third kappa shape index (κ3) is 2.25. The molecule has 94 valence electrons. The van der Waals surface area contributed by atoms with Gasteiger partial charge in [0.15, 0.2) is 0 Å². The first-order chi connectivity index (χ1) is 9.28. The van der Waals surface area contributed by atoms with Gasteiger partial charge in [0.2, 0.25) is 0 Å². The van der Waals surface area contributed by atoms with Crippen LogP contribution < -0.4 is 0 Å². The highest BCUT2D eigenvalue weighted by Gasteiger charge is 2.21. The summed E-state index contributed by atoms with van der Waals surface area (Å²) in [7, 11) is 0. The molecule has 1 aromatic carbocycles. The molecule has 1 aliphatic carbocycles. The maximum atomic E-state index is 9.25. The number of hydrogen-bond acceptors (Lipinski definition) is 4. The minimum atomic E-state index is 0.241. The summed E-state index contributed by atoms with van der Waals surface area (Å²) in [4.78, 5) is 5.74. The number of rotatable bonds is 2. The summed E-state index contributed by atoms with van der Waals surface area (Å²) in [6, 6.07) is 9.13. The van der Waals surface area contributed by atoms with Gasteiger partial charge in [-0.25, -0.2) is 4.99 Å². The van der Waals surface area contributed by atoms with E-state index in [0.717, 1.165) is 35.4 Å². The quantitative estimate of drug-likeness (QED) is 0.846. The van der Waals surface area contributed by atoms with Crippen molar-refractivity contribution in [3.05, 3.63) is 45.8 Å². The second-order valence-corrected chi connectivity index (χ2v) is 5.58. The molecule has 0 fully saturated rings. The van der Waals surface area contributed by atoms with E-state index in [1.165, 1.54) is 10.4 Å². The van der Waals surface area contributed by atoms with Crippen molar-refractivity contribution in [3.63, 3.8) is 0 Å². The Morgan fingerprint density at radius 3 is 2.79 bits per heavy atom. The van der Waals surface area contributed by atoms with Gasteiger partial charge in [-0.15, -0.1) is 11.3 Å². The molecule has 0 saturated heterocycles. The third-order valence-corrected chi connectivity index (χ3v) is 4.44. The highest BCUT2D eigenvalue weighted by molar-refractivity contribution is 7.16. The zero-order chi connectivity index (χ0) is 13.2. The predicted octanol–water partition coefficient (Wildman–Crippen LogP) is 3.56. The van der Waals surface area contributed by atoms with Gasteiger partial charge in [0.1, 0.15) is 16.8 Å². The van der Waals surface area contributed by atoms with Gasteiger partial charge in [-0.05, 0) is 54.7 Å². The van der Waals surface area contributed by atoms with Crippen LogP contribution in [0.2, 0.25) is 0 Å². The Morgan fingerprint density at radius 1 is 1.26 bits per heavy atom. The Balaban J connectivity index is 1.92. The van der Waals surface area contributed by atoms with E-state index < -0.39 is 0 Å². The van der Waals surface area contributed by atoms with Crippen LogP contribution in [0.5, 0.6) is 5.75 Å². The minimum absolute atomic E-state index is 0.241. The Kier molecular flexibility index (Phi) is 3.06. The van der Waals surface area contributed by atoms with E-state index in [4.69, 9.17) is 0 Å². The van der Waals surface area contributed by atoms with Crippen LogP contribution in [0.15, 0.2) is 29.3 Å². The number of aryl methyl sites for hydroxylation is 1. The maximum absolute atomic E-state index is 9.25. The van der Waals surface area contributed by atoms with Crippen molar-refractivity contribution in [2.45, 2.75) is 19.3 Å². The van der Waals surface area contributed by atoms with Crippen molar-refractivity contribution in [1.29, 1.82) is 5.26 Å². The van der Waals surface area contributed by atoms with Crippen LogP contribution >= 0.6 is 11.3 Å². The first-order valence-electron chi connectivity index (χ1n) is 6.15. The number of thiophene rings is 1. The van der Waals surface area contributed by atoms with E-state index in [0.29, 0.717) is 0 Å². The molecule has 0 radical (unpaired) electrons. The Labute approximate surface area is 115 Å². The number of nitriles is 1. The maximum Gasteiger partial charge on any atom is 0.134 e. The molecule has 1 aromatic heterocycles. The summed E-state index contributed by atoms with van der Waals surface area (Å²) < 4.78 is 0. The minimum Gasteiger partial charge on any atom is -0.508 e. The SMILES string of the molecule is N#Cc1c(/N=C/c2ccc(O)cc2)sc2c1CCC2. The molecule has 1 heterocycles. The molecule has 0 saturated carbocycles. The van der Waals surface area contributed by atoms with E-state index in [1.54, 1.807) is 41.8 Å². The molecule has 2 aromatic rings. The van der Waals surface area contributed by atoms with Crippen molar-refractivity contribution < 1.29 is 5.11 Å². The molecule has 0 unspecified atom stereocenters. The molecule has 4 heteroatoms. The highest BCUT2D eigenvalue weighted by Crippen LogP contribution is 2.40. The summed E-state index contributed by atoms with van der Waals surface area (Å²) in [6.07, 6.45) is 4.96. The van der Waals surface area contributed by atoms with Crippen LogP contribution in [0.4, 0.5) is 5.00 Å². The molecule has 1 N–H and O–H groups in total. The molecule has 0 spiro atoms. The molecular weight excluding hydrogens is 256 g/mol. The number of benzene rings is 1. The van der Waals surface area contributed by atoms with Crippen LogP contribution in [-0.4, -0.2) is 11.3 Å². The smallest absolute Gasteiger partial charge is 0.134 e. The van der Waals surface area contributed by atoms with E-state index in [9.17, 15) is 10.4 Å². The zero-order valence-corrected chi connectivity index (χ0v) is 11.1. The van der Waals surface area contributed by atoms with Gasteiger partial charge >= 0.3 is 0 Å². The van der Waals surface area contributed by atoms with Crippen molar-refractivity contribution in [2.75, 3.05) is 0 Å². The lowest BCUT2D eigenvalue weighted by Crippen LogP contribution is -1.81. The van der Waals surface area contributed by atoms with Crippen LogP contribution in [-0.2, 0) is 12.8 Å². The molecule has 3 nitrogen and oxygen atoms in total. The summed E-state index contributed by atoms with van der Waals surface area (Å²) in [5.41, 5.74) is 2.85. The van der Waals surface area contributed by atoms with E-state index in [2.05, 4.69) is 11.1 Å². The van der Waals surface area contributed by atoms with Gasteiger partial charge in [0.25, 0.3) is 0 Å². The fourth-order valence-corrected chi connectivity index (χ4v) is 3.47. The number of fused-ring (bicyclic) bond motifs is 1. The number of phenolic OH excluding ortho intramolecular Hbond substituents is 1. The van der Waals surface area contributed by atoms with Gasteiger partial charge in [-0.3, -0.25) is 0 Å². The van der Waals surface area contributed by atoms with Crippen LogP contribution in [0.3, 0.4) is 0 Å². The topological polar surface area (TPSA) is 56.4 Å².